The highest BCUT2D eigenvalue weighted by molar-refractivity contribution is 14.0. The van der Waals surface area contributed by atoms with Crippen molar-refractivity contribution in [1.29, 1.82) is 0 Å². The monoisotopic (exact) mass is 343 g/mol. The first-order chi connectivity index (χ1) is 6.89. The van der Waals surface area contributed by atoms with Gasteiger partial charge in [0.1, 0.15) is 0 Å². The van der Waals surface area contributed by atoms with E-state index in [1.807, 2.05) is 13.8 Å². The predicted molar refractivity (Wildman–Crippen MR) is 80.5 cm³/mol. The van der Waals surface area contributed by atoms with Gasteiger partial charge in [0.2, 0.25) is 0 Å². The normalized spacial score (nSPS) is 14.0. The maximum absolute atomic E-state index is 8.90. The molecule has 0 saturated heterocycles. The molecule has 0 spiro atoms. The summed E-state index contributed by atoms with van der Waals surface area (Å²) in [5, 5.41) is 15.4. The van der Waals surface area contributed by atoms with Crippen molar-refractivity contribution in [3.05, 3.63) is 0 Å². The van der Waals surface area contributed by atoms with Crippen LogP contribution in [0.4, 0.5) is 0 Å². The molecule has 16 heavy (non-hydrogen) atoms. The van der Waals surface area contributed by atoms with E-state index < -0.39 is 0 Å². The second kappa shape index (κ2) is 9.04. The lowest BCUT2D eigenvalue weighted by Crippen LogP contribution is -2.47. The Kier molecular flexibility index (Phi) is 10.4. The molecule has 0 radical (unpaired) electrons. The molecule has 0 heterocycles. The van der Waals surface area contributed by atoms with Crippen LogP contribution in [-0.4, -0.2) is 36.3 Å². The van der Waals surface area contributed by atoms with Crippen LogP contribution in [0.3, 0.4) is 0 Å². The van der Waals surface area contributed by atoms with E-state index in [9.17, 15) is 0 Å². The van der Waals surface area contributed by atoms with Gasteiger partial charge in [0.05, 0.1) is 0 Å². The van der Waals surface area contributed by atoms with Gasteiger partial charge in [-0.25, -0.2) is 0 Å². The molecule has 0 aromatic rings. The number of hydrogen-bond acceptors (Lipinski definition) is 2. The molecular weight excluding hydrogens is 317 g/mol. The third-order valence-corrected chi connectivity index (χ3v) is 1.71. The van der Waals surface area contributed by atoms with E-state index in [1.165, 1.54) is 0 Å². The van der Waals surface area contributed by atoms with Crippen molar-refractivity contribution in [1.82, 2.24) is 10.6 Å². The fourth-order valence-corrected chi connectivity index (χ4v) is 0.967. The summed E-state index contributed by atoms with van der Waals surface area (Å²) in [6.45, 7) is 12.0. The van der Waals surface area contributed by atoms with E-state index in [1.54, 1.807) is 0 Å². The Morgan fingerprint density at radius 1 is 1.38 bits per heavy atom. The van der Waals surface area contributed by atoms with Crippen molar-refractivity contribution < 1.29 is 5.11 Å². The number of rotatable bonds is 4. The van der Waals surface area contributed by atoms with E-state index in [4.69, 9.17) is 5.11 Å². The standard InChI is InChI=1S/C11H25N3O.HI/c1-6-12-10(14-11(3,4)5)13-7-9(2)8-15;/h9,15H,6-8H2,1-5H3,(H2,12,13,14);1H. The van der Waals surface area contributed by atoms with Crippen LogP contribution in [-0.2, 0) is 0 Å². The zero-order valence-electron chi connectivity index (χ0n) is 11.0. The molecule has 3 N–H and O–H groups in total. The Balaban J connectivity index is 0. The summed E-state index contributed by atoms with van der Waals surface area (Å²) in [4.78, 5) is 4.40. The molecule has 0 fully saturated rings. The fourth-order valence-electron chi connectivity index (χ4n) is 0.967. The van der Waals surface area contributed by atoms with Crippen LogP contribution in [0.5, 0.6) is 0 Å². The fraction of sp³-hybridized carbons (Fsp3) is 0.909. The maximum atomic E-state index is 8.90. The zero-order valence-corrected chi connectivity index (χ0v) is 13.3. The van der Waals surface area contributed by atoms with E-state index in [0.717, 1.165) is 12.5 Å². The average molecular weight is 343 g/mol. The van der Waals surface area contributed by atoms with Crippen molar-refractivity contribution in [3.8, 4) is 0 Å². The molecule has 0 aromatic heterocycles. The van der Waals surface area contributed by atoms with Gasteiger partial charge in [-0.05, 0) is 33.6 Å². The van der Waals surface area contributed by atoms with Gasteiger partial charge in [0.25, 0.3) is 0 Å². The van der Waals surface area contributed by atoms with Gasteiger partial charge in [0, 0.05) is 25.2 Å². The highest BCUT2D eigenvalue weighted by atomic mass is 127. The predicted octanol–water partition coefficient (Wildman–Crippen LogP) is 1.59. The van der Waals surface area contributed by atoms with E-state index in [0.29, 0.717) is 6.54 Å². The molecule has 98 valence electrons. The second-order valence-electron chi connectivity index (χ2n) is 4.88. The summed E-state index contributed by atoms with van der Waals surface area (Å²) >= 11 is 0. The van der Waals surface area contributed by atoms with Crippen LogP contribution in [0.1, 0.15) is 34.6 Å². The number of nitrogens with zero attached hydrogens (tertiary/aromatic N) is 1. The molecule has 0 rings (SSSR count). The molecule has 0 amide bonds. The summed E-state index contributed by atoms with van der Waals surface area (Å²) in [5.74, 6) is 1.02. The molecule has 5 heteroatoms. The molecule has 4 nitrogen and oxygen atoms in total. The third kappa shape index (κ3) is 10.5. The number of halogens is 1. The van der Waals surface area contributed by atoms with Gasteiger partial charge in [0.15, 0.2) is 5.96 Å². The number of nitrogens with one attached hydrogen (secondary N) is 2. The largest absolute Gasteiger partial charge is 0.396 e. The van der Waals surface area contributed by atoms with Gasteiger partial charge in [-0.1, -0.05) is 6.92 Å². The molecule has 0 aliphatic rings. The van der Waals surface area contributed by atoms with Crippen LogP contribution in [0.25, 0.3) is 0 Å². The lowest BCUT2D eigenvalue weighted by Gasteiger charge is -2.24. The average Bonchev–Trinajstić information content (AvgIpc) is 2.11. The number of aliphatic hydroxyl groups excluding tert-OH is 1. The van der Waals surface area contributed by atoms with Crippen LogP contribution in [0, 0.1) is 5.92 Å². The summed E-state index contributed by atoms with van der Waals surface area (Å²) < 4.78 is 0. The van der Waals surface area contributed by atoms with Crippen LogP contribution >= 0.6 is 24.0 Å². The van der Waals surface area contributed by atoms with Crippen molar-refractivity contribution in [3.63, 3.8) is 0 Å². The van der Waals surface area contributed by atoms with Gasteiger partial charge in [-0.2, -0.15) is 0 Å². The lowest BCUT2D eigenvalue weighted by molar-refractivity contribution is 0.241. The molecule has 0 saturated carbocycles. The Morgan fingerprint density at radius 2 is 1.94 bits per heavy atom. The van der Waals surface area contributed by atoms with Gasteiger partial charge < -0.3 is 15.7 Å². The highest BCUT2D eigenvalue weighted by Gasteiger charge is 2.11. The van der Waals surface area contributed by atoms with Crippen LogP contribution in [0.2, 0.25) is 0 Å². The van der Waals surface area contributed by atoms with Crippen LogP contribution in [0.15, 0.2) is 4.99 Å². The second-order valence-corrected chi connectivity index (χ2v) is 4.88. The third-order valence-electron chi connectivity index (χ3n) is 1.71. The number of aliphatic hydroxyl groups is 1. The molecule has 0 bridgehead atoms. The summed E-state index contributed by atoms with van der Waals surface area (Å²) in [7, 11) is 0. The summed E-state index contributed by atoms with van der Waals surface area (Å²) in [6.07, 6.45) is 0. The molecule has 0 aliphatic heterocycles. The smallest absolute Gasteiger partial charge is 0.191 e. The van der Waals surface area contributed by atoms with Crippen molar-refractivity contribution >= 4 is 29.9 Å². The molecular formula is C11H26IN3O. The minimum absolute atomic E-state index is 0. The highest BCUT2D eigenvalue weighted by Crippen LogP contribution is 1.99. The Labute approximate surface area is 116 Å². The Morgan fingerprint density at radius 3 is 2.31 bits per heavy atom. The first-order valence-electron chi connectivity index (χ1n) is 5.56. The minimum Gasteiger partial charge on any atom is -0.396 e. The topological polar surface area (TPSA) is 56.7 Å². The van der Waals surface area contributed by atoms with Gasteiger partial charge >= 0.3 is 0 Å². The van der Waals surface area contributed by atoms with Gasteiger partial charge in [-0.15, -0.1) is 24.0 Å². The summed E-state index contributed by atoms with van der Waals surface area (Å²) in [5.41, 5.74) is 0.00343. The Bertz CT molecular complexity index is 202. The first kappa shape index (κ1) is 18.3. The lowest BCUT2D eigenvalue weighted by atomic mass is 10.1. The minimum atomic E-state index is 0. The quantitative estimate of drug-likeness (QED) is 0.413. The molecule has 0 aromatic carbocycles. The van der Waals surface area contributed by atoms with E-state index in [-0.39, 0.29) is 42.0 Å². The van der Waals surface area contributed by atoms with Crippen LogP contribution < -0.4 is 10.6 Å². The van der Waals surface area contributed by atoms with Crippen molar-refractivity contribution in [2.45, 2.75) is 40.2 Å². The maximum Gasteiger partial charge on any atom is 0.191 e. The first-order valence-corrected chi connectivity index (χ1v) is 5.56. The van der Waals surface area contributed by atoms with Crippen molar-refractivity contribution in [2.24, 2.45) is 10.9 Å². The zero-order chi connectivity index (χ0) is 11.9. The number of guanidine groups is 1. The Hall–Kier alpha value is -0.0400. The SMILES string of the molecule is CCNC(=NCC(C)CO)NC(C)(C)C.I. The molecule has 0 aliphatic carbocycles. The van der Waals surface area contributed by atoms with E-state index >= 15 is 0 Å². The van der Waals surface area contributed by atoms with E-state index in [2.05, 4.69) is 36.4 Å². The summed E-state index contributed by atoms with van der Waals surface area (Å²) in [6, 6.07) is 0. The number of aliphatic imine (C=N–C) groups is 1. The van der Waals surface area contributed by atoms with Gasteiger partial charge in [-0.3, -0.25) is 4.99 Å². The molecule has 1 atom stereocenters. The van der Waals surface area contributed by atoms with Crippen molar-refractivity contribution in [2.75, 3.05) is 19.7 Å². The molecule has 1 unspecified atom stereocenters. The number of hydrogen-bond donors (Lipinski definition) is 3.